The average Bonchev–Trinajstić information content (AvgIpc) is 3.52. The number of oxazole rings is 1. The summed E-state index contributed by atoms with van der Waals surface area (Å²) in [5.74, 6) is 2.42. The number of carbonyl (C=O) groups excluding carboxylic acids is 1. The Kier molecular flexibility index (Phi) is 7.50. The van der Waals surface area contributed by atoms with E-state index in [0.717, 1.165) is 59.7 Å². The topological polar surface area (TPSA) is 46.3 Å². The standard InChI is InChI=1S/C30H30N2O2.CH4/c1-32(2)30(33)25-17-9-11-21(20-25)19-24-16-10-18-26(24)29-31-27(22-12-5-3-6-13-22)28(34-29)23-14-7-4-8-15-23;/h3-9,11-15,17,20,24,26H,10,16,18-19H2,1-2H3;1H4/t24-,26+;/m0./s1. The summed E-state index contributed by atoms with van der Waals surface area (Å²) in [6.45, 7) is 0. The van der Waals surface area contributed by atoms with Crippen molar-refractivity contribution in [2.75, 3.05) is 14.1 Å². The Hall–Kier alpha value is -3.66. The fraction of sp³-hybridized carbons (Fsp3) is 0.290. The molecule has 1 aliphatic rings. The molecule has 3 aromatic carbocycles. The van der Waals surface area contributed by atoms with Crippen LogP contribution >= 0.6 is 0 Å². The zero-order valence-electron chi connectivity index (χ0n) is 19.8. The van der Waals surface area contributed by atoms with Crippen LogP contribution in [-0.2, 0) is 6.42 Å². The molecule has 2 atom stereocenters. The van der Waals surface area contributed by atoms with E-state index >= 15 is 0 Å². The van der Waals surface area contributed by atoms with Gasteiger partial charge in [-0.3, -0.25) is 4.79 Å². The molecule has 0 bridgehead atoms. The third-order valence-electron chi connectivity index (χ3n) is 6.78. The summed E-state index contributed by atoms with van der Waals surface area (Å²) in [6, 6.07) is 28.6. The molecule has 35 heavy (non-hydrogen) atoms. The van der Waals surface area contributed by atoms with Gasteiger partial charge in [0, 0.05) is 36.7 Å². The van der Waals surface area contributed by atoms with Crippen molar-refractivity contribution in [2.24, 2.45) is 5.92 Å². The summed E-state index contributed by atoms with van der Waals surface area (Å²) in [6.07, 6.45) is 4.29. The first-order valence-electron chi connectivity index (χ1n) is 12.0. The maximum Gasteiger partial charge on any atom is 0.253 e. The lowest BCUT2D eigenvalue weighted by atomic mass is 9.89. The molecule has 1 aromatic heterocycles. The molecule has 1 fully saturated rings. The van der Waals surface area contributed by atoms with Crippen molar-refractivity contribution in [3.63, 3.8) is 0 Å². The molecule has 1 amide bonds. The second-order valence-electron chi connectivity index (χ2n) is 9.36. The smallest absolute Gasteiger partial charge is 0.253 e. The van der Waals surface area contributed by atoms with Gasteiger partial charge in [0.2, 0.25) is 0 Å². The Labute approximate surface area is 208 Å². The van der Waals surface area contributed by atoms with E-state index in [1.165, 1.54) is 5.56 Å². The van der Waals surface area contributed by atoms with Crippen molar-refractivity contribution in [3.8, 4) is 22.6 Å². The molecule has 4 heteroatoms. The van der Waals surface area contributed by atoms with Crippen LogP contribution < -0.4 is 0 Å². The molecular weight excluding hydrogens is 432 g/mol. The van der Waals surface area contributed by atoms with Crippen LogP contribution in [0.5, 0.6) is 0 Å². The zero-order valence-corrected chi connectivity index (χ0v) is 19.8. The molecule has 0 spiro atoms. The summed E-state index contributed by atoms with van der Waals surface area (Å²) < 4.78 is 6.53. The Balaban J connectivity index is 0.00000289. The predicted molar refractivity (Wildman–Crippen MR) is 142 cm³/mol. The Morgan fingerprint density at radius 3 is 2.29 bits per heavy atom. The molecule has 5 rings (SSSR count). The van der Waals surface area contributed by atoms with E-state index in [2.05, 4.69) is 30.3 Å². The lowest BCUT2D eigenvalue weighted by Gasteiger charge is -2.18. The number of rotatable bonds is 6. The summed E-state index contributed by atoms with van der Waals surface area (Å²) >= 11 is 0. The van der Waals surface area contributed by atoms with Crippen LogP contribution in [0.4, 0.5) is 0 Å². The summed E-state index contributed by atoms with van der Waals surface area (Å²) in [4.78, 5) is 19.1. The second kappa shape index (κ2) is 10.7. The minimum absolute atomic E-state index is 0. The first kappa shape index (κ1) is 24.5. The maximum absolute atomic E-state index is 12.4. The van der Waals surface area contributed by atoms with Gasteiger partial charge in [0.1, 0.15) is 5.69 Å². The van der Waals surface area contributed by atoms with Crippen molar-refractivity contribution < 1.29 is 9.21 Å². The molecule has 0 N–H and O–H groups in total. The molecule has 180 valence electrons. The monoisotopic (exact) mass is 466 g/mol. The van der Waals surface area contributed by atoms with Gasteiger partial charge in [-0.2, -0.15) is 0 Å². The lowest BCUT2D eigenvalue weighted by Crippen LogP contribution is -2.21. The lowest BCUT2D eigenvalue weighted by molar-refractivity contribution is 0.0827. The van der Waals surface area contributed by atoms with Crippen molar-refractivity contribution in [1.82, 2.24) is 9.88 Å². The van der Waals surface area contributed by atoms with Gasteiger partial charge in [-0.1, -0.05) is 86.6 Å². The summed E-state index contributed by atoms with van der Waals surface area (Å²) in [7, 11) is 3.58. The first-order valence-corrected chi connectivity index (χ1v) is 12.0. The second-order valence-corrected chi connectivity index (χ2v) is 9.36. The predicted octanol–water partition coefficient (Wildman–Crippen LogP) is 7.47. The van der Waals surface area contributed by atoms with E-state index in [0.29, 0.717) is 5.92 Å². The first-order chi connectivity index (χ1) is 16.6. The summed E-state index contributed by atoms with van der Waals surface area (Å²) in [5.41, 5.74) is 4.96. The van der Waals surface area contributed by atoms with E-state index in [-0.39, 0.29) is 19.3 Å². The average molecular weight is 467 g/mol. The minimum atomic E-state index is 0. The van der Waals surface area contributed by atoms with Gasteiger partial charge in [0.05, 0.1) is 0 Å². The van der Waals surface area contributed by atoms with Gasteiger partial charge >= 0.3 is 0 Å². The molecule has 0 unspecified atom stereocenters. The van der Waals surface area contributed by atoms with Gasteiger partial charge < -0.3 is 9.32 Å². The molecule has 1 saturated carbocycles. The normalized spacial score (nSPS) is 17.1. The van der Waals surface area contributed by atoms with Gasteiger partial charge in [-0.25, -0.2) is 4.98 Å². The number of hydrogen-bond acceptors (Lipinski definition) is 3. The van der Waals surface area contributed by atoms with Crippen LogP contribution in [0.15, 0.2) is 89.3 Å². The van der Waals surface area contributed by atoms with Crippen LogP contribution in [0.25, 0.3) is 22.6 Å². The molecule has 0 radical (unpaired) electrons. The van der Waals surface area contributed by atoms with E-state index in [4.69, 9.17) is 9.40 Å². The van der Waals surface area contributed by atoms with Gasteiger partial charge in [0.25, 0.3) is 5.91 Å². The van der Waals surface area contributed by atoms with Crippen LogP contribution in [0, 0.1) is 5.92 Å². The highest BCUT2D eigenvalue weighted by molar-refractivity contribution is 5.94. The third-order valence-corrected chi connectivity index (χ3v) is 6.78. The Bertz CT molecular complexity index is 1200. The van der Waals surface area contributed by atoms with E-state index in [1.54, 1.807) is 19.0 Å². The fourth-order valence-electron chi connectivity index (χ4n) is 5.07. The van der Waals surface area contributed by atoms with E-state index < -0.39 is 0 Å². The number of hydrogen-bond donors (Lipinski definition) is 0. The number of carbonyl (C=O) groups is 1. The Morgan fingerprint density at radius 1 is 0.914 bits per heavy atom. The quantitative estimate of drug-likeness (QED) is 0.296. The SMILES string of the molecule is C.CN(C)C(=O)c1cccc(C[C@@H]2CCC[C@H]2c2nc(-c3ccccc3)c(-c3ccccc3)o2)c1. The van der Waals surface area contributed by atoms with Crippen LogP contribution in [0.3, 0.4) is 0 Å². The van der Waals surface area contributed by atoms with E-state index in [1.807, 2.05) is 54.6 Å². The molecule has 0 aliphatic heterocycles. The van der Waals surface area contributed by atoms with Crippen molar-refractivity contribution in [3.05, 3.63) is 102 Å². The highest BCUT2D eigenvalue weighted by atomic mass is 16.4. The molecule has 0 saturated heterocycles. The van der Waals surface area contributed by atoms with Gasteiger partial charge in [-0.15, -0.1) is 0 Å². The highest BCUT2D eigenvalue weighted by Gasteiger charge is 2.33. The molecule has 1 aliphatic carbocycles. The highest BCUT2D eigenvalue weighted by Crippen LogP contribution is 2.44. The van der Waals surface area contributed by atoms with Crippen molar-refractivity contribution in [2.45, 2.75) is 39.0 Å². The number of amides is 1. The zero-order chi connectivity index (χ0) is 23.5. The molecule has 4 nitrogen and oxygen atoms in total. The number of benzene rings is 3. The van der Waals surface area contributed by atoms with Gasteiger partial charge in [0.15, 0.2) is 11.7 Å². The van der Waals surface area contributed by atoms with Crippen molar-refractivity contribution in [1.29, 1.82) is 0 Å². The van der Waals surface area contributed by atoms with Crippen LogP contribution in [0.2, 0.25) is 0 Å². The van der Waals surface area contributed by atoms with Crippen LogP contribution in [0.1, 0.15) is 54.4 Å². The van der Waals surface area contributed by atoms with E-state index in [9.17, 15) is 4.79 Å². The van der Waals surface area contributed by atoms with Gasteiger partial charge in [-0.05, 0) is 42.9 Å². The van der Waals surface area contributed by atoms with Crippen molar-refractivity contribution >= 4 is 5.91 Å². The largest absolute Gasteiger partial charge is 0.440 e. The minimum Gasteiger partial charge on any atom is -0.440 e. The fourth-order valence-corrected chi connectivity index (χ4v) is 5.07. The maximum atomic E-state index is 12.4. The number of nitrogens with zero attached hydrogens (tertiary/aromatic N) is 2. The number of aromatic nitrogens is 1. The third kappa shape index (κ3) is 5.22. The molecule has 4 aromatic rings. The van der Waals surface area contributed by atoms with Crippen LogP contribution in [-0.4, -0.2) is 29.9 Å². The summed E-state index contributed by atoms with van der Waals surface area (Å²) in [5, 5.41) is 0. The molecule has 1 heterocycles. The molecular formula is C31H34N2O2. The Morgan fingerprint density at radius 2 is 1.60 bits per heavy atom.